The third-order valence-corrected chi connectivity index (χ3v) is 4.78. The second-order valence-electron chi connectivity index (χ2n) is 8.32. The van der Waals surface area contributed by atoms with Crippen LogP contribution in [0.3, 0.4) is 0 Å². The lowest BCUT2D eigenvalue weighted by Gasteiger charge is -2.34. The van der Waals surface area contributed by atoms with Crippen molar-refractivity contribution in [3.63, 3.8) is 0 Å². The van der Waals surface area contributed by atoms with Crippen molar-refractivity contribution in [2.75, 3.05) is 7.05 Å². The summed E-state index contributed by atoms with van der Waals surface area (Å²) in [6.07, 6.45) is 1.62. The van der Waals surface area contributed by atoms with Crippen LogP contribution in [0.1, 0.15) is 49.2 Å². The predicted octanol–water partition coefficient (Wildman–Crippen LogP) is 4.44. The van der Waals surface area contributed by atoms with Crippen molar-refractivity contribution in [2.24, 2.45) is 0 Å². The Hall–Kier alpha value is -3.12. The summed E-state index contributed by atoms with van der Waals surface area (Å²) < 4.78 is 5.71. The molecule has 0 spiro atoms. The smallest absolute Gasteiger partial charge is 0.429 e. The number of amides is 2. The number of ether oxygens (including phenoxy) is 1. The first-order chi connectivity index (χ1) is 14.2. The molecule has 0 aromatic heterocycles. The number of hydrogen-bond donors (Lipinski definition) is 1. The number of hydrogen-bond acceptors (Lipinski definition) is 4. The fourth-order valence-electron chi connectivity index (χ4n) is 3.35. The van der Waals surface area contributed by atoms with E-state index >= 15 is 0 Å². The van der Waals surface area contributed by atoms with E-state index in [1.807, 2.05) is 81.2 Å². The van der Waals surface area contributed by atoms with Gasteiger partial charge < -0.3 is 10.1 Å². The molecule has 2 aromatic carbocycles. The van der Waals surface area contributed by atoms with Crippen LogP contribution in [0.2, 0.25) is 0 Å². The van der Waals surface area contributed by atoms with Crippen molar-refractivity contribution in [2.45, 2.75) is 45.9 Å². The lowest BCUT2D eigenvalue weighted by Crippen LogP contribution is -2.46. The summed E-state index contributed by atoms with van der Waals surface area (Å²) in [7, 11) is 1.60. The minimum atomic E-state index is -0.616. The molecule has 0 radical (unpaired) electrons. The SMILES string of the molecule is CNC(=O)c1ccc(C2=CC(C)N(Cc3ccccc3)N2C(=O)OC(C)(C)C)cc1. The summed E-state index contributed by atoms with van der Waals surface area (Å²) in [5, 5.41) is 6.22. The molecule has 1 aliphatic heterocycles. The molecular weight excluding hydrogens is 378 g/mol. The molecule has 1 N–H and O–H groups in total. The highest BCUT2D eigenvalue weighted by molar-refractivity contribution is 5.94. The Morgan fingerprint density at radius 1 is 1.03 bits per heavy atom. The first-order valence-corrected chi connectivity index (χ1v) is 10.1. The Morgan fingerprint density at radius 2 is 1.67 bits per heavy atom. The van der Waals surface area contributed by atoms with Gasteiger partial charge in [-0.15, -0.1) is 0 Å². The number of carbonyl (C=O) groups excluding carboxylic acids is 2. The number of nitrogens with zero attached hydrogens (tertiary/aromatic N) is 2. The maximum Gasteiger partial charge on any atom is 0.429 e. The minimum absolute atomic E-state index is 0.00802. The highest BCUT2D eigenvalue weighted by Gasteiger charge is 2.37. The summed E-state index contributed by atoms with van der Waals surface area (Å²) in [5.74, 6) is -0.148. The summed E-state index contributed by atoms with van der Waals surface area (Å²) in [6.45, 7) is 8.18. The number of benzene rings is 2. The molecule has 1 aliphatic rings. The van der Waals surface area contributed by atoms with Crippen LogP contribution in [-0.4, -0.2) is 40.7 Å². The van der Waals surface area contributed by atoms with E-state index < -0.39 is 11.7 Å². The molecule has 0 saturated carbocycles. The van der Waals surface area contributed by atoms with Gasteiger partial charge in [-0.05, 0) is 57.0 Å². The normalized spacial score (nSPS) is 16.9. The van der Waals surface area contributed by atoms with E-state index in [0.717, 1.165) is 16.8 Å². The molecule has 1 unspecified atom stereocenters. The van der Waals surface area contributed by atoms with Crippen molar-refractivity contribution in [1.29, 1.82) is 0 Å². The van der Waals surface area contributed by atoms with Gasteiger partial charge in [-0.25, -0.2) is 9.80 Å². The van der Waals surface area contributed by atoms with E-state index in [9.17, 15) is 9.59 Å². The molecule has 2 aromatic rings. The zero-order valence-electron chi connectivity index (χ0n) is 18.2. The monoisotopic (exact) mass is 407 g/mol. The fourth-order valence-corrected chi connectivity index (χ4v) is 3.35. The van der Waals surface area contributed by atoms with Crippen molar-refractivity contribution in [3.05, 3.63) is 77.4 Å². The third kappa shape index (κ3) is 4.89. The molecule has 0 bridgehead atoms. The minimum Gasteiger partial charge on any atom is -0.442 e. The van der Waals surface area contributed by atoms with Crippen molar-refractivity contribution >= 4 is 17.7 Å². The van der Waals surface area contributed by atoms with E-state index in [0.29, 0.717) is 12.1 Å². The second-order valence-corrected chi connectivity index (χ2v) is 8.32. The maximum absolute atomic E-state index is 13.2. The Balaban J connectivity index is 1.94. The van der Waals surface area contributed by atoms with Crippen LogP contribution < -0.4 is 5.32 Å². The first-order valence-electron chi connectivity index (χ1n) is 10.1. The lowest BCUT2D eigenvalue weighted by molar-refractivity contribution is -0.0249. The fraction of sp³-hybridized carbons (Fsp3) is 0.333. The molecule has 3 rings (SSSR count). The Bertz CT molecular complexity index is 930. The molecule has 6 nitrogen and oxygen atoms in total. The molecule has 0 fully saturated rings. The van der Waals surface area contributed by atoms with E-state index in [-0.39, 0.29) is 11.9 Å². The number of rotatable bonds is 4. The average Bonchev–Trinajstić information content (AvgIpc) is 3.03. The van der Waals surface area contributed by atoms with Crippen LogP contribution in [-0.2, 0) is 11.3 Å². The molecule has 158 valence electrons. The highest BCUT2D eigenvalue weighted by Crippen LogP contribution is 2.33. The molecule has 0 saturated heterocycles. The zero-order valence-corrected chi connectivity index (χ0v) is 18.2. The van der Waals surface area contributed by atoms with Gasteiger partial charge in [0.2, 0.25) is 0 Å². The molecular formula is C24H29N3O3. The molecule has 2 amide bonds. The van der Waals surface area contributed by atoms with E-state index in [4.69, 9.17) is 4.74 Å². The van der Waals surface area contributed by atoms with E-state index in [1.165, 1.54) is 0 Å². The standard InChI is InChI=1S/C24H29N3O3/c1-17-15-21(19-11-13-20(14-12-19)22(28)25-5)27(23(29)30-24(2,3)4)26(17)16-18-9-7-6-8-10-18/h6-15,17H,16H2,1-5H3,(H,25,28). The lowest BCUT2D eigenvalue weighted by atomic mass is 10.1. The number of carbonyl (C=O) groups is 2. The van der Waals surface area contributed by atoms with Crippen LogP contribution in [0.15, 0.2) is 60.7 Å². The summed E-state index contributed by atoms with van der Waals surface area (Å²) in [4.78, 5) is 25.0. The van der Waals surface area contributed by atoms with Crippen LogP contribution >= 0.6 is 0 Å². The Kier molecular flexibility index (Phi) is 6.27. The van der Waals surface area contributed by atoms with Gasteiger partial charge in [0.25, 0.3) is 5.91 Å². The van der Waals surface area contributed by atoms with Gasteiger partial charge in [-0.2, -0.15) is 5.01 Å². The molecule has 1 heterocycles. The van der Waals surface area contributed by atoms with E-state index in [1.54, 1.807) is 24.2 Å². The summed E-state index contributed by atoms with van der Waals surface area (Å²) >= 11 is 0. The molecule has 6 heteroatoms. The largest absolute Gasteiger partial charge is 0.442 e. The highest BCUT2D eigenvalue weighted by atomic mass is 16.6. The van der Waals surface area contributed by atoms with Gasteiger partial charge in [-0.3, -0.25) is 4.79 Å². The van der Waals surface area contributed by atoms with Crippen LogP contribution in [0.25, 0.3) is 5.70 Å². The van der Waals surface area contributed by atoms with Gasteiger partial charge in [0.15, 0.2) is 0 Å². The van der Waals surface area contributed by atoms with Crippen LogP contribution in [0, 0.1) is 0 Å². The topological polar surface area (TPSA) is 61.9 Å². The second kappa shape index (κ2) is 8.71. The van der Waals surface area contributed by atoms with Crippen LogP contribution in [0.4, 0.5) is 4.79 Å². The molecule has 1 atom stereocenters. The van der Waals surface area contributed by atoms with Crippen molar-refractivity contribution in [3.8, 4) is 0 Å². The third-order valence-electron chi connectivity index (χ3n) is 4.78. The van der Waals surface area contributed by atoms with Gasteiger partial charge in [0.1, 0.15) is 5.60 Å². The summed E-state index contributed by atoms with van der Waals surface area (Å²) in [5.41, 5.74) is 2.64. The van der Waals surface area contributed by atoms with Crippen LogP contribution in [0.5, 0.6) is 0 Å². The maximum atomic E-state index is 13.2. The number of nitrogens with one attached hydrogen (secondary N) is 1. The molecule has 0 aliphatic carbocycles. The Morgan fingerprint density at radius 3 is 2.23 bits per heavy atom. The predicted molar refractivity (Wildman–Crippen MR) is 117 cm³/mol. The quantitative estimate of drug-likeness (QED) is 0.814. The first kappa shape index (κ1) is 21.6. The van der Waals surface area contributed by atoms with Gasteiger partial charge in [-0.1, -0.05) is 42.5 Å². The number of hydrazine groups is 1. The Labute approximate surface area is 178 Å². The van der Waals surface area contributed by atoms with Gasteiger partial charge >= 0.3 is 6.09 Å². The summed E-state index contributed by atoms with van der Waals surface area (Å²) in [6, 6.07) is 17.2. The molecule has 30 heavy (non-hydrogen) atoms. The van der Waals surface area contributed by atoms with Gasteiger partial charge in [0, 0.05) is 25.2 Å². The van der Waals surface area contributed by atoms with Gasteiger partial charge in [0.05, 0.1) is 5.70 Å². The van der Waals surface area contributed by atoms with Crippen molar-refractivity contribution in [1.82, 2.24) is 15.3 Å². The van der Waals surface area contributed by atoms with E-state index in [2.05, 4.69) is 5.32 Å². The zero-order chi connectivity index (χ0) is 21.9. The van der Waals surface area contributed by atoms with Crippen molar-refractivity contribution < 1.29 is 14.3 Å². The average molecular weight is 408 g/mol.